The molecular weight excluding hydrogens is 286 g/mol. The third-order valence-electron chi connectivity index (χ3n) is 4.58. The maximum Gasteiger partial charge on any atom is 0.128 e. The molecule has 1 saturated heterocycles. The van der Waals surface area contributed by atoms with Crippen LogP contribution in [0.15, 0.2) is 30.6 Å². The zero-order valence-electron chi connectivity index (χ0n) is 14.6. The lowest BCUT2D eigenvalue weighted by Gasteiger charge is -2.26. The number of aromatic nitrogens is 3. The number of rotatable bonds is 5. The maximum atomic E-state index is 4.47. The zero-order valence-corrected chi connectivity index (χ0v) is 14.6. The minimum Gasteiger partial charge on any atom is -0.363 e. The molecule has 23 heavy (non-hydrogen) atoms. The van der Waals surface area contributed by atoms with Crippen LogP contribution in [-0.2, 0) is 6.54 Å². The summed E-state index contributed by atoms with van der Waals surface area (Å²) in [6, 6.07) is 7.42. The van der Waals surface area contributed by atoms with Gasteiger partial charge in [0.2, 0.25) is 0 Å². The Kier molecular flexibility index (Phi) is 4.66. The molecule has 3 heterocycles. The molecule has 1 fully saturated rings. The molecule has 0 spiro atoms. The monoisotopic (exact) mass is 313 g/mol. The first-order valence-electron chi connectivity index (χ1n) is 8.46. The first-order chi connectivity index (χ1) is 11.1. The number of hydrogen-bond acceptors (Lipinski definition) is 4. The summed E-state index contributed by atoms with van der Waals surface area (Å²) >= 11 is 0. The molecule has 5 heteroatoms. The van der Waals surface area contributed by atoms with Crippen LogP contribution in [0.1, 0.15) is 50.0 Å². The maximum absolute atomic E-state index is 4.47. The van der Waals surface area contributed by atoms with E-state index >= 15 is 0 Å². The smallest absolute Gasteiger partial charge is 0.128 e. The van der Waals surface area contributed by atoms with E-state index in [0.717, 1.165) is 18.9 Å². The van der Waals surface area contributed by atoms with Crippen molar-refractivity contribution >= 4 is 5.82 Å². The summed E-state index contributed by atoms with van der Waals surface area (Å²) in [5, 5.41) is 4.47. The van der Waals surface area contributed by atoms with E-state index in [1.165, 1.54) is 24.1 Å². The molecule has 0 aromatic carbocycles. The lowest BCUT2D eigenvalue weighted by Crippen LogP contribution is -2.25. The lowest BCUT2D eigenvalue weighted by molar-refractivity contribution is 0.238. The number of nitrogens with zero attached hydrogens (tertiary/aromatic N) is 5. The summed E-state index contributed by atoms with van der Waals surface area (Å²) in [4.78, 5) is 9.08. The Morgan fingerprint density at radius 1 is 1.26 bits per heavy atom. The van der Waals surface area contributed by atoms with Crippen molar-refractivity contribution in [1.29, 1.82) is 0 Å². The lowest BCUT2D eigenvalue weighted by atomic mass is 10.1. The molecule has 3 rings (SSSR count). The predicted molar refractivity (Wildman–Crippen MR) is 93.6 cm³/mol. The van der Waals surface area contributed by atoms with E-state index in [4.69, 9.17) is 0 Å². The van der Waals surface area contributed by atoms with Crippen molar-refractivity contribution in [2.75, 3.05) is 25.5 Å². The summed E-state index contributed by atoms with van der Waals surface area (Å²) in [7, 11) is 4.08. The molecule has 0 N–H and O–H groups in total. The molecule has 124 valence electrons. The van der Waals surface area contributed by atoms with Crippen LogP contribution >= 0.6 is 0 Å². The predicted octanol–water partition coefficient (Wildman–Crippen LogP) is 3.26. The molecule has 1 aliphatic heterocycles. The molecule has 0 bridgehead atoms. The molecule has 1 aliphatic rings. The van der Waals surface area contributed by atoms with Crippen LogP contribution < -0.4 is 4.90 Å². The molecule has 0 unspecified atom stereocenters. The molecule has 0 radical (unpaired) electrons. The standard InChI is InChI=1S/C18H27N5/c1-14(2)23-16(8-10-20-23)13-22-11-5-6-17(22)15-7-9-19-18(12-15)21(3)4/h7-10,12,14,17H,5-6,11,13H2,1-4H3/t17-/m1/s1. The third kappa shape index (κ3) is 3.39. The highest BCUT2D eigenvalue weighted by molar-refractivity contribution is 5.40. The molecule has 0 saturated carbocycles. The Bertz CT molecular complexity index is 646. The van der Waals surface area contributed by atoms with Gasteiger partial charge >= 0.3 is 0 Å². The van der Waals surface area contributed by atoms with Gasteiger partial charge in [-0.2, -0.15) is 5.10 Å². The van der Waals surface area contributed by atoms with E-state index < -0.39 is 0 Å². The van der Waals surface area contributed by atoms with Crippen LogP contribution in [0.25, 0.3) is 0 Å². The van der Waals surface area contributed by atoms with Crippen molar-refractivity contribution < 1.29 is 0 Å². The Hall–Kier alpha value is -1.88. The fourth-order valence-corrected chi connectivity index (χ4v) is 3.42. The van der Waals surface area contributed by atoms with Crippen LogP contribution in [-0.4, -0.2) is 40.3 Å². The summed E-state index contributed by atoms with van der Waals surface area (Å²) < 4.78 is 2.13. The molecule has 5 nitrogen and oxygen atoms in total. The van der Waals surface area contributed by atoms with Crippen molar-refractivity contribution in [3.8, 4) is 0 Å². The molecule has 0 aliphatic carbocycles. The molecule has 2 aromatic heterocycles. The summed E-state index contributed by atoms with van der Waals surface area (Å²) in [6.07, 6.45) is 6.31. The SMILES string of the molecule is CC(C)n1nccc1CN1CCC[C@@H]1c1ccnc(N(C)C)c1. The van der Waals surface area contributed by atoms with Gasteiger partial charge in [0.05, 0.1) is 5.69 Å². The largest absolute Gasteiger partial charge is 0.363 e. The second-order valence-electron chi connectivity index (χ2n) is 6.83. The highest BCUT2D eigenvalue weighted by Gasteiger charge is 2.27. The Labute approximate surface area is 138 Å². The van der Waals surface area contributed by atoms with E-state index in [1.54, 1.807) is 0 Å². The molecule has 0 amide bonds. The fourth-order valence-electron chi connectivity index (χ4n) is 3.42. The summed E-state index contributed by atoms with van der Waals surface area (Å²) in [5.41, 5.74) is 2.67. The second-order valence-corrected chi connectivity index (χ2v) is 6.83. The van der Waals surface area contributed by atoms with Crippen LogP contribution in [0.5, 0.6) is 0 Å². The Balaban J connectivity index is 1.80. The highest BCUT2D eigenvalue weighted by Crippen LogP contribution is 2.34. The number of hydrogen-bond donors (Lipinski definition) is 0. The van der Waals surface area contributed by atoms with Gasteiger partial charge in [-0.05, 0) is 57.0 Å². The quantitative estimate of drug-likeness (QED) is 0.849. The van der Waals surface area contributed by atoms with Gasteiger partial charge in [0, 0.05) is 45.1 Å². The number of likely N-dealkylation sites (tertiary alicyclic amines) is 1. The van der Waals surface area contributed by atoms with Gasteiger partial charge in [0.25, 0.3) is 0 Å². The van der Waals surface area contributed by atoms with Crippen LogP contribution in [0, 0.1) is 0 Å². The molecule has 1 atom stereocenters. The van der Waals surface area contributed by atoms with Crippen molar-refractivity contribution in [2.24, 2.45) is 0 Å². The van der Waals surface area contributed by atoms with E-state index in [1.807, 2.05) is 26.5 Å². The number of pyridine rings is 1. The van der Waals surface area contributed by atoms with Crippen LogP contribution in [0.2, 0.25) is 0 Å². The normalized spacial score (nSPS) is 18.7. The van der Waals surface area contributed by atoms with E-state index in [2.05, 4.69) is 56.6 Å². The minimum atomic E-state index is 0.405. The summed E-state index contributed by atoms with van der Waals surface area (Å²) in [5.74, 6) is 1.03. The minimum absolute atomic E-state index is 0.405. The van der Waals surface area contributed by atoms with Gasteiger partial charge in [-0.15, -0.1) is 0 Å². The van der Waals surface area contributed by atoms with Crippen LogP contribution in [0.4, 0.5) is 5.82 Å². The average Bonchev–Trinajstić information content (AvgIpc) is 3.17. The zero-order chi connectivity index (χ0) is 16.4. The van der Waals surface area contributed by atoms with E-state index in [0.29, 0.717) is 12.1 Å². The number of anilines is 1. The highest BCUT2D eigenvalue weighted by atomic mass is 15.3. The van der Waals surface area contributed by atoms with Gasteiger partial charge in [0.1, 0.15) is 5.82 Å². The van der Waals surface area contributed by atoms with Gasteiger partial charge in [-0.1, -0.05) is 0 Å². The second kappa shape index (κ2) is 6.71. The van der Waals surface area contributed by atoms with Gasteiger partial charge in [-0.25, -0.2) is 4.98 Å². The van der Waals surface area contributed by atoms with Crippen molar-refractivity contribution in [3.05, 3.63) is 41.9 Å². The molecular formula is C18H27N5. The van der Waals surface area contributed by atoms with Gasteiger partial charge in [0.15, 0.2) is 0 Å². The Morgan fingerprint density at radius 3 is 2.83 bits per heavy atom. The van der Waals surface area contributed by atoms with E-state index in [-0.39, 0.29) is 0 Å². The van der Waals surface area contributed by atoms with Crippen molar-refractivity contribution in [3.63, 3.8) is 0 Å². The van der Waals surface area contributed by atoms with Crippen LogP contribution in [0.3, 0.4) is 0 Å². The Morgan fingerprint density at radius 2 is 2.09 bits per heavy atom. The third-order valence-corrected chi connectivity index (χ3v) is 4.58. The first-order valence-corrected chi connectivity index (χ1v) is 8.46. The first kappa shape index (κ1) is 16.0. The average molecular weight is 313 g/mol. The van der Waals surface area contributed by atoms with Gasteiger partial charge < -0.3 is 4.90 Å². The summed E-state index contributed by atoms with van der Waals surface area (Å²) in [6.45, 7) is 6.48. The topological polar surface area (TPSA) is 37.2 Å². The molecule has 2 aromatic rings. The fraction of sp³-hybridized carbons (Fsp3) is 0.556. The van der Waals surface area contributed by atoms with Gasteiger partial charge in [-0.3, -0.25) is 9.58 Å². The van der Waals surface area contributed by atoms with E-state index in [9.17, 15) is 0 Å². The van der Waals surface area contributed by atoms with Crippen molar-refractivity contribution in [1.82, 2.24) is 19.7 Å². The van der Waals surface area contributed by atoms with Crippen molar-refractivity contribution in [2.45, 2.75) is 45.3 Å².